The van der Waals surface area contributed by atoms with Gasteiger partial charge in [-0.1, -0.05) is 26.8 Å². The molecule has 0 amide bonds. The van der Waals surface area contributed by atoms with Crippen molar-refractivity contribution >= 4 is 5.78 Å². The van der Waals surface area contributed by atoms with Crippen molar-refractivity contribution in [2.24, 2.45) is 5.92 Å². The number of benzene rings is 1. The summed E-state index contributed by atoms with van der Waals surface area (Å²) in [6, 6.07) is 4.92. The van der Waals surface area contributed by atoms with Gasteiger partial charge in [-0.15, -0.1) is 0 Å². The number of rotatable bonds is 10. The number of allylic oxidation sites excluding steroid dienone is 1. The van der Waals surface area contributed by atoms with Crippen LogP contribution in [0.1, 0.15) is 45.1 Å². The van der Waals surface area contributed by atoms with Gasteiger partial charge in [0.25, 0.3) is 0 Å². The Hall–Kier alpha value is -1.64. The van der Waals surface area contributed by atoms with Crippen molar-refractivity contribution in [2.75, 3.05) is 6.61 Å². The highest BCUT2D eigenvalue weighted by Crippen LogP contribution is 2.20. The lowest BCUT2D eigenvalue weighted by molar-refractivity contribution is -0.114. The quantitative estimate of drug-likeness (QED) is 0.461. The molecule has 0 heterocycles. The zero-order chi connectivity index (χ0) is 15.7. The predicted molar refractivity (Wildman–Crippen MR) is 84.1 cm³/mol. The molecule has 0 aliphatic heterocycles. The lowest BCUT2D eigenvalue weighted by atomic mass is 10.0. The molecule has 0 bridgehead atoms. The van der Waals surface area contributed by atoms with E-state index in [1.165, 1.54) is 12.1 Å². The Balaban J connectivity index is 2.41. The molecule has 1 aromatic rings. The van der Waals surface area contributed by atoms with Gasteiger partial charge >= 0.3 is 0 Å². The van der Waals surface area contributed by atoms with Crippen molar-refractivity contribution in [3.63, 3.8) is 0 Å². The van der Waals surface area contributed by atoms with Gasteiger partial charge < -0.3 is 4.74 Å². The van der Waals surface area contributed by atoms with Gasteiger partial charge in [0.2, 0.25) is 0 Å². The number of ketones is 1. The highest BCUT2D eigenvalue weighted by Gasteiger charge is 2.06. The molecule has 0 spiro atoms. The van der Waals surface area contributed by atoms with Gasteiger partial charge in [-0.2, -0.15) is 0 Å². The molecule has 0 aliphatic rings. The fourth-order valence-corrected chi connectivity index (χ4v) is 1.99. The van der Waals surface area contributed by atoms with E-state index in [9.17, 15) is 9.18 Å². The second kappa shape index (κ2) is 9.32. The van der Waals surface area contributed by atoms with Gasteiger partial charge in [0, 0.05) is 6.42 Å². The molecular formula is C18H25FO2. The highest BCUT2D eigenvalue weighted by atomic mass is 19.1. The fraction of sp³-hybridized carbons (Fsp3) is 0.500. The molecule has 0 fully saturated rings. The predicted octanol–water partition coefficient (Wildman–Crippen LogP) is 4.72. The first kappa shape index (κ1) is 17.4. The first-order valence-corrected chi connectivity index (χ1v) is 7.59. The SMILES string of the molecule is C=CC(=O)CCCCCc1cc(OCC(C)C)ccc1F. The number of carbonyl (C=O) groups excluding carboxylic acids is 1. The van der Waals surface area contributed by atoms with Crippen molar-refractivity contribution in [3.05, 3.63) is 42.2 Å². The van der Waals surface area contributed by atoms with Crippen LogP contribution < -0.4 is 4.74 Å². The summed E-state index contributed by atoms with van der Waals surface area (Å²) in [5.74, 6) is 1.06. The van der Waals surface area contributed by atoms with Crippen molar-refractivity contribution in [3.8, 4) is 5.75 Å². The van der Waals surface area contributed by atoms with Crippen LogP contribution in [0.3, 0.4) is 0 Å². The van der Waals surface area contributed by atoms with E-state index < -0.39 is 0 Å². The Morgan fingerprint density at radius 1 is 1.33 bits per heavy atom. The summed E-state index contributed by atoms with van der Waals surface area (Å²) in [7, 11) is 0. The molecule has 0 unspecified atom stereocenters. The minimum absolute atomic E-state index is 0.0743. The van der Waals surface area contributed by atoms with Crippen molar-refractivity contribution in [2.45, 2.75) is 46.0 Å². The maximum Gasteiger partial charge on any atom is 0.155 e. The molecule has 1 aromatic carbocycles. The van der Waals surface area contributed by atoms with E-state index in [-0.39, 0.29) is 11.6 Å². The fourth-order valence-electron chi connectivity index (χ4n) is 1.99. The number of hydrogen-bond donors (Lipinski definition) is 0. The third-order valence-electron chi connectivity index (χ3n) is 3.20. The molecule has 0 aliphatic carbocycles. The smallest absolute Gasteiger partial charge is 0.155 e. The van der Waals surface area contributed by atoms with Crippen molar-refractivity contribution < 1.29 is 13.9 Å². The number of unbranched alkanes of at least 4 members (excludes halogenated alkanes) is 2. The minimum Gasteiger partial charge on any atom is -0.493 e. The topological polar surface area (TPSA) is 26.3 Å². The molecule has 0 atom stereocenters. The van der Waals surface area contributed by atoms with E-state index >= 15 is 0 Å². The number of halogens is 1. The Labute approximate surface area is 127 Å². The molecule has 0 aromatic heterocycles. The maximum atomic E-state index is 13.7. The molecule has 3 heteroatoms. The van der Waals surface area contributed by atoms with Gasteiger partial charge in [0.1, 0.15) is 11.6 Å². The first-order chi connectivity index (χ1) is 10.0. The monoisotopic (exact) mass is 292 g/mol. The lowest BCUT2D eigenvalue weighted by Crippen LogP contribution is -2.05. The molecule has 0 saturated heterocycles. The molecule has 0 N–H and O–H groups in total. The molecular weight excluding hydrogens is 267 g/mol. The lowest BCUT2D eigenvalue weighted by Gasteiger charge is -2.10. The van der Waals surface area contributed by atoms with E-state index in [1.54, 1.807) is 12.1 Å². The maximum absolute atomic E-state index is 13.7. The Morgan fingerprint density at radius 2 is 2.10 bits per heavy atom. The van der Waals surface area contributed by atoms with Crippen LogP contribution in [-0.2, 0) is 11.2 Å². The molecule has 2 nitrogen and oxygen atoms in total. The van der Waals surface area contributed by atoms with Gasteiger partial charge in [-0.3, -0.25) is 4.79 Å². The van der Waals surface area contributed by atoms with Crippen LogP contribution in [-0.4, -0.2) is 12.4 Å². The average molecular weight is 292 g/mol. The molecule has 1 rings (SSSR count). The second-order valence-electron chi connectivity index (χ2n) is 5.69. The van der Waals surface area contributed by atoms with Crippen LogP contribution in [0, 0.1) is 11.7 Å². The van der Waals surface area contributed by atoms with Crippen LogP contribution in [0.5, 0.6) is 5.75 Å². The van der Waals surface area contributed by atoms with Crippen LogP contribution in [0.25, 0.3) is 0 Å². The van der Waals surface area contributed by atoms with E-state index in [0.717, 1.165) is 25.0 Å². The van der Waals surface area contributed by atoms with E-state index in [2.05, 4.69) is 20.4 Å². The Bertz CT molecular complexity index is 466. The summed E-state index contributed by atoms with van der Waals surface area (Å²) in [5, 5.41) is 0. The number of ether oxygens (including phenoxy) is 1. The minimum atomic E-state index is -0.186. The number of aryl methyl sites for hydroxylation is 1. The third kappa shape index (κ3) is 7.07. The van der Waals surface area contributed by atoms with Crippen LogP contribution >= 0.6 is 0 Å². The van der Waals surface area contributed by atoms with Crippen LogP contribution in [0.4, 0.5) is 4.39 Å². The molecule has 0 saturated carbocycles. The Kier molecular flexibility index (Phi) is 7.73. The van der Waals surface area contributed by atoms with E-state index in [0.29, 0.717) is 30.9 Å². The summed E-state index contributed by atoms with van der Waals surface area (Å²) in [4.78, 5) is 11.1. The average Bonchev–Trinajstić information content (AvgIpc) is 2.46. The second-order valence-corrected chi connectivity index (χ2v) is 5.69. The zero-order valence-electron chi connectivity index (χ0n) is 13.0. The van der Waals surface area contributed by atoms with Crippen molar-refractivity contribution in [1.29, 1.82) is 0 Å². The summed E-state index contributed by atoms with van der Waals surface area (Å²) >= 11 is 0. The summed E-state index contributed by atoms with van der Waals surface area (Å²) in [6.45, 7) is 8.24. The van der Waals surface area contributed by atoms with Crippen LogP contribution in [0.2, 0.25) is 0 Å². The standard InChI is InChI=1S/C18H25FO2/c1-4-16(20)9-7-5-6-8-15-12-17(10-11-18(15)19)21-13-14(2)3/h4,10-12,14H,1,5-9,13H2,2-3H3. The molecule has 116 valence electrons. The number of hydrogen-bond acceptors (Lipinski definition) is 2. The first-order valence-electron chi connectivity index (χ1n) is 7.59. The van der Waals surface area contributed by atoms with Gasteiger partial charge in [-0.05, 0) is 55.0 Å². The number of carbonyl (C=O) groups is 1. The third-order valence-corrected chi connectivity index (χ3v) is 3.20. The summed E-state index contributed by atoms with van der Waals surface area (Å²) in [6.07, 6.45) is 5.17. The zero-order valence-corrected chi connectivity index (χ0v) is 13.0. The molecule has 21 heavy (non-hydrogen) atoms. The summed E-state index contributed by atoms with van der Waals surface area (Å²) in [5.41, 5.74) is 0.686. The Morgan fingerprint density at radius 3 is 2.76 bits per heavy atom. The largest absolute Gasteiger partial charge is 0.493 e. The highest BCUT2D eigenvalue weighted by molar-refractivity contribution is 5.88. The van der Waals surface area contributed by atoms with Gasteiger partial charge in [0.05, 0.1) is 6.61 Å². The van der Waals surface area contributed by atoms with Gasteiger partial charge in [-0.25, -0.2) is 4.39 Å². The van der Waals surface area contributed by atoms with Crippen LogP contribution in [0.15, 0.2) is 30.9 Å². The normalized spacial score (nSPS) is 10.7. The van der Waals surface area contributed by atoms with E-state index in [4.69, 9.17) is 4.74 Å². The van der Waals surface area contributed by atoms with E-state index in [1.807, 2.05) is 0 Å². The van der Waals surface area contributed by atoms with Crippen molar-refractivity contribution in [1.82, 2.24) is 0 Å². The summed E-state index contributed by atoms with van der Waals surface area (Å²) < 4.78 is 19.4. The molecule has 0 radical (unpaired) electrons. The van der Waals surface area contributed by atoms with Gasteiger partial charge in [0.15, 0.2) is 5.78 Å².